The summed E-state index contributed by atoms with van der Waals surface area (Å²) in [5, 5.41) is 4.28. The number of hydrogen-bond acceptors (Lipinski definition) is 1. The lowest BCUT2D eigenvalue weighted by molar-refractivity contribution is -0.129. The number of nitrogens with one attached hydrogen (secondary N) is 1. The summed E-state index contributed by atoms with van der Waals surface area (Å²) in [6, 6.07) is 0.401. The Kier molecular flexibility index (Phi) is 5.29. The fourth-order valence-electron chi connectivity index (χ4n) is 2.27. The van der Waals surface area contributed by atoms with Crippen LogP contribution >= 0.6 is 15.9 Å². The summed E-state index contributed by atoms with van der Waals surface area (Å²) in [7, 11) is 0. The molecule has 2 nitrogen and oxygen atoms in total. The smallest absolute Gasteiger partial charge is 0.225 e. The van der Waals surface area contributed by atoms with Crippen molar-refractivity contribution in [1.82, 2.24) is 5.32 Å². The fourth-order valence-corrected chi connectivity index (χ4v) is 2.86. The second-order valence-corrected chi connectivity index (χ2v) is 6.65. The van der Waals surface area contributed by atoms with E-state index in [4.69, 9.17) is 0 Å². The normalized spacial score (nSPS) is 26.5. The molecule has 0 heterocycles. The third-order valence-electron chi connectivity index (χ3n) is 3.39. The zero-order chi connectivity index (χ0) is 12.2. The summed E-state index contributed by atoms with van der Waals surface area (Å²) in [4.78, 5) is 12.0. The molecule has 2 atom stereocenters. The van der Waals surface area contributed by atoms with Gasteiger partial charge in [-0.1, -0.05) is 49.5 Å². The Morgan fingerprint density at radius 1 is 1.31 bits per heavy atom. The van der Waals surface area contributed by atoms with Crippen LogP contribution in [-0.2, 0) is 4.79 Å². The van der Waals surface area contributed by atoms with Gasteiger partial charge in [0.2, 0.25) is 5.91 Å². The van der Waals surface area contributed by atoms with E-state index < -0.39 is 0 Å². The monoisotopic (exact) mass is 289 g/mol. The van der Waals surface area contributed by atoms with Gasteiger partial charge in [-0.2, -0.15) is 0 Å². The summed E-state index contributed by atoms with van der Waals surface area (Å²) in [6.07, 6.45) is 6.17. The van der Waals surface area contributed by atoms with Gasteiger partial charge >= 0.3 is 0 Å². The maximum Gasteiger partial charge on any atom is 0.225 e. The van der Waals surface area contributed by atoms with Gasteiger partial charge in [0.15, 0.2) is 0 Å². The molecule has 1 saturated carbocycles. The first-order valence-electron chi connectivity index (χ1n) is 6.32. The molecule has 0 aromatic rings. The van der Waals surface area contributed by atoms with Crippen LogP contribution in [0.1, 0.15) is 52.9 Å². The lowest BCUT2D eigenvalue weighted by Gasteiger charge is -2.34. The molecule has 0 spiro atoms. The van der Waals surface area contributed by atoms with Crippen molar-refractivity contribution >= 4 is 21.8 Å². The van der Waals surface area contributed by atoms with E-state index in [1.165, 1.54) is 25.7 Å². The van der Waals surface area contributed by atoms with E-state index in [0.717, 1.165) is 11.8 Å². The van der Waals surface area contributed by atoms with Crippen molar-refractivity contribution in [2.75, 3.05) is 5.33 Å². The van der Waals surface area contributed by atoms with E-state index in [9.17, 15) is 4.79 Å². The highest BCUT2D eigenvalue weighted by Crippen LogP contribution is 2.28. The van der Waals surface area contributed by atoms with Crippen molar-refractivity contribution in [2.45, 2.75) is 58.9 Å². The van der Waals surface area contributed by atoms with E-state index in [-0.39, 0.29) is 11.3 Å². The summed E-state index contributed by atoms with van der Waals surface area (Å²) in [5.41, 5.74) is -0.267. The Hall–Kier alpha value is -0.0500. The minimum absolute atomic E-state index is 0.193. The van der Waals surface area contributed by atoms with Crippen LogP contribution in [0.5, 0.6) is 0 Å². The molecule has 1 fully saturated rings. The number of carbonyl (C=O) groups excluding carboxylic acids is 1. The Morgan fingerprint density at radius 2 is 1.94 bits per heavy atom. The van der Waals surface area contributed by atoms with Crippen LogP contribution in [0, 0.1) is 11.3 Å². The molecule has 1 aliphatic rings. The summed E-state index contributed by atoms with van der Waals surface area (Å²) in [6.45, 7) is 5.93. The molecule has 1 aliphatic carbocycles. The average Bonchev–Trinajstić information content (AvgIpc) is 2.20. The number of alkyl halides is 1. The Balaban J connectivity index is 2.52. The zero-order valence-electron chi connectivity index (χ0n) is 10.7. The number of hydrogen-bond donors (Lipinski definition) is 1. The minimum atomic E-state index is -0.267. The van der Waals surface area contributed by atoms with Crippen molar-refractivity contribution in [3.8, 4) is 0 Å². The molecule has 0 saturated heterocycles. The molecule has 0 aromatic heterocycles. The molecule has 0 aliphatic heterocycles. The summed E-state index contributed by atoms with van der Waals surface area (Å²) >= 11 is 3.51. The minimum Gasteiger partial charge on any atom is -0.353 e. The second-order valence-electron chi connectivity index (χ2n) is 5.85. The SMILES string of the molecule is CC(C)(C)C(=O)N[C@@H]1CCCC[C@H]1CCBr. The largest absolute Gasteiger partial charge is 0.353 e. The van der Waals surface area contributed by atoms with Crippen molar-refractivity contribution < 1.29 is 4.79 Å². The Morgan fingerprint density at radius 3 is 2.50 bits per heavy atom. The zero-order valence-corrected chi connectivity index (χ0v) is 12.3. The van der Waals surface area contributed by atoms with E-state index in [0.29, 0.717) is 12.0 Å². The van der Waals surface area contributed by atoms with Crippen molar-refractivity contribution in [3.63, 3.8) is 0 Å². The summed E-state index contributed by atoms with van der Waals surface area (Å²) in [5.74, 6) is 0.860. The van der Waals surface area contributed by atoms with Crippen molar-refractivity contribution in [1.29, 1.82) is 0 Å². The van der Waals surface area contributed by atoms with Gasteiger partial charge in [0.05, 0.1) is 0 Å². The highest BCUT2D eigenvalue weighted by molar-refractivity contribution is 9.09. The van der Waals surface area contributed by atoms with Gasteiger partial charge < -0.3 is 5.32 Å². The van der Waals surface area contributed by atoms with Crippen LogP contribution in [0.2, 0.25) is 0 Å². The van der Waals surface area contributed by atoms with Gasteiger partial charge in [0.1, 0.15) is 0 Å². The molecule has 0 aromatic carbocycles. The van der Waals surface area contributed by atoms with Gasteiger partial charge in [-0.05, 0) is 25.2 Å². The predicted molar refractivity (Wildman–Crippen MR) is 71.8 cm³/mol. The van der Waals surface area contributed by atoms with Crippen LogP contribution < -0.4 is 5.32 Å². The molecule has 1 amide bonds. The third kappa shape index (κ3) is 4.08. The van der Waals surface area contributed by atoms with Gasteiger partial charge in [0.25, 0.3) is 0 Å². The molecule has 0 bridgehead atoms. The van der Waals surface area contributed by atoms with Crippen LogP contribution in [0.3, 0.4) is 0 Å². The summed E-state index contributed by atoms with van der Waals surface area (Å²) < 4.78 is 0. The molecule has 3 heteroatoms. The van der Waals surface area contributed by atoms with Gasteiger partial charge in [-0.25, -0.2) is 0 Å². The number of amides is 1. The topological polar surface area (TPSA) is 29.1 Å². The lowest BCUT2D eigenvalue weighted by Crippen LogP contribution is -2.46. The standard InChI is InChI=1S/C13H24BrNO/c1-13(2,3)12(16)15-11-7-5-4-6-10(11)8-9-14/h10-11H,4-9H2,1-3H3,(H,15,16)/t10-,11+/m0/s1. The highest BCUT2D eigenvalue weighted by atomic mass is 79.9. The molecule has 94 valence electrons. The number of halogens is 1. The molecule has 1 rings (SSSR count). The first kappa shape index (κ1) is 14.0. The predicted octanol–water partition coefficient (Wildman–Crippen LogP) is 3.49. The molecule has 1 N–H and O–H groups in total. The first-order chi connectivity index (χ1) is 7.45. The molecular weight excluding hydrogens is 266 g/mol. The van der Waals surface area contributed by atoms with Crippen LogP contribution in [0.4, 0.5) is 0 Å². The molecule has 0 radical (unpaired) electrons. The quantitative estimate of drug-likeness (QED) is 0.792. The van der Waals surface area contributed by atoms with E-state index in [1.807, 2.05) is 20.8 Å². The van der Waals surface area contributed by atoms with E-state index in [2.05, 4.69) is 21.2 Å². The van der Waals surface area contributed by atoms with Crippen molar-refractivity contribution in [3.05, 3.63) is 0 Å². The number of carbonyl (C=O) groups is 1. The van der Waals surface area contributed by atoms with Crippen molar-refractivity contribution in [2.24, 2.45) is 11.3 Å². The Labute approximate surface area is 108 Å². The van der Waals surface area contributed by atoms with Crippen LogP contribution in [0.15, 0.2) is 0 Å². The van der Waals surface area contributed by atoms with Gasteiger partial charge in [0, 0.05) is 16.8 Å². The van der Waals surface area contributed by atoms with Crippen LogP contribution in [0.25, 0.3) is 0 Å². The Bertz CT molecular complexity index is 233. The van der Waals surface area contributed by atoms with Crippen LogP contribution in [-0.4, -0.2) is 17.3 Å². The maximum absolute atomic E-state index is 12.0. The number of rotatable bonds is 3. The molecule has 16 heavy (non-hydrogen) atoms. The second kappa shape index (κ2) is 6.04. The third-order valence-corrected chi connectivity index (χ3v) is 3.84. The van der Waals surface area contributed by atoms with E-state index >= 15 is 0 Å². The van der Waals surface area contributed by atoms with E-state index in [1.54, 1.807) is 0 Å². The molecule has 0 unspecified atom stereocenters. The lowest BCUT2D eigenvalue weighted by atomic mass is 9.82. The van der Waals surface area contributed by atoms with Gasteiger partial charge in [-0.15, -0.1) is 0 Å². The van der Waals surface area contributed by atoms with Gasteiger partial charge in [-0.3, -0.25) is 4.79 Å². The fraction of sp³-hybridized carbons (Fsp3) is 0.923. The molecular formula is C13H24BrNO. The average molecular weight is 290 g/mol. The first-order valence-corrected chi connectivity index (χ1v) is 7.44. The highest BCUT2D eigenvalue weighted by Gasteiger charge is 2.29. The maximum atomic E-state index is 12.0.